The number of carbonyl (C=O) groups excluding carboxylic acids is 2. The molecule has 1 aromatic heterocycles. The van der Waals surface area contributed by atoms with Crippen LogP contribution in [0.2, 0.25) is 5.02 Å². The summed E-state index contributed by atoms with van der Waals surface area (Å²) in [5, 5.41) is 13.5. The van der Waals surface area contributed by atoms with Gasteiger partial charge in [-0.3, -0.25) is 14.5 Å². The largest absolute Gasteiger partial charge is 0.507 e. The van der Waals surface area contributed by atoms with E-state index in [0.29, 0.717) is 28.6 Å². The fraction of sp³-hybridized carbons (Fsp3) is 0.167. The Labute approximate surface area is 189 Å². The number of ketones is 1. The summed E-state index contributed by atoms with van der Waals surface area (Å²) < 4.78 is 5.45. The number of aliphatic hydroxyl groups excluding tert-OH is 1. The first-order valence-corrected chi connectivity index (χ1v) is 11.0. The maximum Gasteiger partial charge on any atom is 0.300 e. The van der Waals surface area contributed by atoms with Crippen LogP contribution < -0.4 is 9.64 Å². The lowest BCUT2D eigenvalue weighted by atomic mass is 9.99. The molecular weight excluding hydrogens is 434 g/mol. The van der Waals surface area contributed by atoms with Gasteiger partial charge in [-0.25, -0.2) is 0 Å². The highest BCUT2D eigenvalue weighted by Crippen LogP contribution is 2.44. The summed E-state index contributed by atoms with van der Waals surface area (Å²) in [4.78, 5) is 28.4. The second kappa shape index (κ2) is 8.57. The maximum absolute atomic E-state index is 13.1. The number of thiophene rings is 1. The molecule has 31 heavy (non-hydrogen) atoms. The van der Waals surface area contributed by atoms with Crippen LogP contribution in [0.25, 0.3) is 5.76 Å². The number of nitrogens with zero attached hydrogens (tertiary/aromatic N) is 1. The van der Waals surface area contributed by atoms with Gasteiger partial charge in [0.05, 0.1) is 12.2 Å². The molecule has 0 spiro atoms. The highest BCUT2D eigenvalue weighted by atomic mass is 35.5. The molecule has 158 valence electrons. The predicted molar refractivity (Wildman–Crippen MR) is 123 cm³/mol. The molecule has 2 aromatic carbocycles. The van der Waals surface area contributed by atoms with Crippen molar-refractivity contribution in [3.05, 3.63) is 86.6 Å². The molecule has 4 rings (SSSR count). The zero-order valence-corrected chi connectivity index (χ0v) is 18.5. The van der Waals surface area contributed by atoms with E-state index in [-0.39, 0.29) is 11.3 Å². The summed E-state index contributed by atoms with van der Waals surface area (Å²) >= 11 is 7.51. The van der Waals surface area contributed by atoms with Gasteiger partial charge in [0.1, 0.15) is 17.6 Å². The molecule has 1 unspecified atom stereocenters. The average molecular weight is 454 g/mol. The third-order valence-electron chi connectivity index (χ3n) is 5.11. The van der Waals surface area contributed by atoms with Crippen LogP contribution in [0.1, 0.15) is 29.0 Å². The first-order chi connectivity index (χ1) is 14.9. The van der Waals surface area contributed by atoms with Crippen molar-refractivity contribution in [2.75, 3.05) is 11.5 Å². The van der Waals surface area contributed by atoms with Crippen LogP contribution >= 0.6 is 22.9 Å². The van der Waals surface area contributed by atoms with Crippen molar-refractivity contribution in [2.24, 2.45) is 0 Å². The normalized spacial score (nSPS) is 17.9. The van der Waals surface area contributed by atoms with Gasteiger partial charge in [-0.2, -0.15) is 0 Å². The maximum atomic E-state index is 13.1. The molecule has 1 aliphatic heterocycles. The first kappa shape index (κ1) is 21.2. The van der Waals surface area contributed by atoms with Crippen LogP contribution in [0.4, 0.5) is 5.69 Å². The van der Waals surface area contributed by atoms with Gasteiger partial charge in [-0.1, -0.05) is 17.7 Å². The van der Waals surface area contributed by atoms with Crippen molar-refractivity contribution >= 4 is 46.1 Å². The van der Waals surface area contributed by atoms with Crippen LogP contribution in [0.3, 0.4) is 0 Å². The zero-order valence-electron chi connectivity index (χ0n) is 17.0. The molecule has 0 bridgehead atoms. The number of amides is 1. The first-order valence-electron chi connectivity index (χ1n) is 9.76. The summed E-state index contributed by atoms with van der Waals surface area (Å²) in [6.07, 6.45) is 0. The average Bonchev–Trinajstić information content (AvgIpc) is 3.36. The summed E-state index contributed by atoms with van der Waals surface area (Å²) in [6.45, 7) is 4.24. The molecule has 1 amide bonds. The summed E-state index contributed by atoms with van der Waals surface area (Å²) in [7, 11) is 0. The highest BCUT2D eigenvalue weighted by Gasteiger charge is 2.47. The lowest BCUT2D eigenvalue weighted by Gasteiger charge is -2.25. The highest BCUT2D eigenvalue weighted by molar-refractivity contribution is 7.10. The van der Waals surface area contributed by atoms with Crippen LogP contribution in [0, 0.1) is 6.92 Å². The number of hydrogen-bond acceptors (Lipinski definition) is 5. The predicted octanol–water partition coefficient (Wildman–Crippen LogP) is 5.73. The third-order valence-corrected chi connectivity index (χ3v) is 6.27. The van der Waals surface area contributed by atoms with Crippen molar-refractivity contribution < 1.29 is 19.4 Å². The van der Waals surface area contributed by atoms with Crippen molar-refractivity contribution in [2.45, 2.75) is 19.9 Å². The third kappa shape index (κ3) is 3.84. The molecule has 0 saturated carbocycles. The molecule has 1 atom stereocenters. The van der Waals surface area contributed by atoms with Crippen molar-refractivity contribution in [3.63, 3.8) is 0 Å². The van der Waals surface area contributed by atoms with Gasteiger partial charge in [0.15, 0.2) is 0 Å². The van der Waals surface area contributed by atoms with Gasteiger partial charge in [-0.15, -0.1) is 11.3 Å². The van der Waals surface area contributed by atoms with Crippen molar-refractivity contribution in [1.82, 2.24) is 0 Å². The van der Waals surface area contributed by atoms with E-state index in [4.69, 9.17) is 16.3 Å². The molecule has 1 aliphatic rings. The molecule has 1 fully saturated rings. The fourth-order valence-electron chi connectivity index (χ4n) is 3.72. The van der Waals surface area contributed by atoms with E-state index in [1.54, 1.807) is 42.5 Å². The number of Topliss-reactive ketones (excluding diaryl/α,β-unsaturated/α-hetero) is 1. The van der Waals surface area contributed by atoms with Crippen molar-refractivity contribution in [1.29, 1.82) is 0 Å². The number of aryl methyl sites for hydroxylation is 1. The number of benzene rings is 2. The molecule has 2 heterocycles. The molecule has 7 heteroatoms. The number of ether oxygens (including phenoxy) is 1. The van der Waals surface area contributed by atoms with Gasteiger partial charge in [0, 0.05) is 21.2 Å². The summed E-state index contributed by atoms with van der Waals surface area (Å²) in [5.74, 6) is -0.963. The Morgan fingerprint density at radius 1 is 1.16 bits per heavy atom. The minimum Gasteiger partial charge on any atom is -0.507 e. The number of hydrogen-bond donors (Lipinski definition) is 1. The number of rotatable bonds is 5. The second-order valence-electron chi connectivity index (χ2n) is 7.07. The molecule has 1 saturated heterocycles. The van der Waals surface area contributed by atoms with Gasteiger partial charge in [0.2, 0.25) is 0 Å². The summed E-state index contributed by atoms with van der Waals surface area (Å²) in [5.41, 5.74) is 1.84. The Hall–Kier alpha value is -3.09. The fourth-order valence-corrected chi connectivity index (χ4v) is 4.77. The van der Waals surface area contributed by atoms with E-state index >= 15 is 0 Å². The van der Waals surface area contributed by atoms with E-state index in [2.05, 4.69) is 0 Å². The van der Waals surface area contributed by atoms with E-state index in [0.717, 1.165) is 10.4 Å². The van der Waals surface area contributed by atoms with Gasteiger partial charge in [-0.05, 0) is 73.3 Å². The van der Waals surface area contributed by atoms with Crippen LogP contribution in [-0.2, 0) is 9.59 Å². The Morgan fingerprint density at radius 3 is 2.52 bits per heavy atom. The van der Waals surface area contributed by atoms with E-state index in [9.17, 15) is 14.7 Å². The van der Waals surface area contributed by atoms with Gasteiger partial charge < -0.3 is 9.84 Å². The van der Waals surface area contributed by atoms with Crippen LogP contribution in [-0.4, -0.2) is 23.4 Å². The second-order valence-corrected chi connectivity index (χ2v) is 8.49. The minimum absolute atomic E-state index is 0.0611. The standard InChI is InChI=1S/C24H20ClNO4S/c1-3-30-17-9-6-15(7-10-17)22(27)20-21(19-5-4-12-31-19)26(24(29)23(20)28)18-11-8-16(25)13-14(18)2/h4-13,21,27H,3H2,1-2H3/b22-20-. The molecule has 0 aliphatic carbocycles. The van der Waals surface area contributed by atoms with Crippen LogP contribution in [0.15, 0.2) is 65.6 Å². The Bertz CT molecular complexity index is 1170. The molecule has 3 aromatic rings. The Morgan fingerprint density at radius 2 is 1.90 bits per heavy atom. The SMILES string of the molecule is CCOc1ccc(/C(O)=C2/C(=O)C(=O)N(c3ccc(Cl)cc3C)C2c2cccs2)cc1. The van der Waals surface area contributed by atoms with Gasteiger partial charge in [0.25, 0.3) is 11.7 Å². The van der Waals surface area contributed by atoms with Crippen molar-refractivity contribution in [3.8, 4) is 5.75 Å². The topological polar surface area (TPSA) is 66.8 Å². The number of halogens is 1. The molecule has 5 nitrogen and oxygen atoms in total. The monoisotopic (exact) mass is 453 g/mol. The van der Waals surface area contributed by atoms with Gasteiger partial charge >= 0.3 is 0 Å². The van der Waals surface area contributed by atoms with E-state index in [1.165, 1.54) is 16.2 Å². The lowest BCUT2D eigenvalue weighted by Crippen LogP contribution is -2.29. The minimum atomic E-state index is -0.730. The molecule has 0 radical (unpaired) electrons. The Balaban J connectivity index is 1.87. The number of carbonyl (C=O) groups is 2. The molecular formula is C24H20ClNO4S. The van der Waals surface area contributed by atoms with E-state index < -0.39 is 17.7 Å². The zero-order chi connectivity index (χ0) is 22.1. The quantitative estimate of drug-likeness (QED) is 0.304. The molecule has 1 N–H and O–H groups in total. The summed E-state index contributed by atoms with van der Waals surface area (Å²) in [6, 6.07) is 14.9. The van der Waals surface area contributed by atoms with E-state index in [1.807, 2.05) is 31.4 Å². The lowest BCUT2D eigenvalue weighted by molar-refractivity contribution is -0.132. The number of anilines is 1. The number of aliphatic hydroxyl groups is 1. The van der Waals surface area contributed by atoms with Crippen LogP contribution in [0.5, 0.6) is 5.75 Å². The smallest absolute Gasteiger partial charge is 0.300 e. The Kier molecular flexibility index (Phi) is 5.85.